The van der Waals surface area contributed by atoms with E-state index in [1.807, 2.05) is 19.1 Å². The van der Waals surface area contributed by atoms with Gasteiger partial charge in [0.1, 0.15) is 5.75 Å². The summed E-state index contributed by atoms with van der Waals surface area (Å²) in [6.07, 6.45) is 0.0701. The molecule has 6 heteroatoms. The van der Waals surface area contributed by atoms with Crippen molar-refractivity contribution in [3.63, 3.8) is 0 Å². The zero-order valence-electron chi connectivity index (χ0n) is 11.8. The Kier molecular flexibility index (Phi) is 5.31. The molecule has 110 valence electrons. The van der Waals surface area contributed by atoms with E-state index in [1.54, 1.807) is 7.11 Å². The fourth-order valence-corrected chi connectivity index (χ4v) is 1.95. The Hall–Kier alpha value is -1.66. The third-order valence-corrected chi connectivity index (χ3v) is 3.00. The second-order valence-corrected chi connectivity index (χ2v) is 4.63. The molecule has 0 aliphatic carbocycles. The van der Waals surface area contributed by atoms with Crippen LogP contribution in [-0.2, 0) is 20.8 Å². The maximum absolute atomic E-state index is 11.5. The van der Waals surface area contributed by atoms with Gasteiger partial charge in [-0.3, -0.25) is 4.98 Å². The number of carbonyl (C=O) groups is 1. The summed E-state index contributed by atoms with van der Waals surface area (Å²) in [5.41, 5.74) is 1.70. The van der Waals surface area contributed by atoms with Crippen molar-refractivity contribution in [2.75, 3.05) is 26.9 Å². The van der Waals surface area contributed by atoms with Crippen LogP contribution in [0.25, 0.3) is 0 Å². The summed E-state index contributed by atoms with van der Waals surface area (Å²) in [6.45, 7) is 4.28. The van der Waals surface area contributed by atoms with E-state index in [0.29, 0.717) is 31.9 Å². The Labute approximate surface area is 118 Å². The zero-order chi connectivity index (χ0) is 14.4. The Morgan fingerprint density at radius 1 is 1.50 bits per heavy atom. The van der Waals surface area contributed by atoms with E-state index in [0.717, 1.165) is 17.9 Å². The topological polar surface area (TPSA) is 69.7 Å². The van der Waals surface area contributed by atoms with E-state index < -0.39 is 6.10 Å². The first-order valence-electron chi connectivity index (χ1n) is 6.70. The molecular weight excluding hydrogens is 260 g/mol. The number of cyclic esters (lactones) is 1. The molecule has 1 fully saturated rings. The molecule has 1 aliphatic rings. The van der Waals surface area contributed by atoms with Crippen LogP contribution in [0.5, 0.6) is 5.75 Å². The molecule has 1 saturated heterocycles. The Morgan fingerprint density at radius 3 is 3.05 bits per heavy atom. The number of nitrogens with zero attached hydrogens (tertiary/aromatic N) is 1. The SMILES string of the molecule is COCCNCc1nc(C)ccc1OC1CCOC1=O. The monoisotopic (exact) mass is 280 g/mol. The first kappa shape index (κ1) is 14.7. The number of esters is 1. The molecule has 1 unspecified atom stereocenters. The van der Waals surface area contributed by atoms with Crippen molar-refractivity contribution >= 4 is 5.97 Å². The standard InChI is InChI=1S/C14H20N2O4/c1-10-3-4-12(20-13-5-7-19-14(13)17)11(16-10)9-15-6-8-18-2/h3-4,13,15H,5-9H2,1-2H3. The highest BCUT2D eigenvalue weighted by Gasteiger charge is 2.29. The summed E-state index contributed by atoms with van der Waals surface area (Å²) in [5.74, 6) is 0.327. The van der Waals surface area contributed by atoms with E-state index in [1.165, 1.54) is 0 Å². The normalized spacial score (nSPS) is 18.1. The molecule has 0 spiro atoms. The fourth-order valence-electron chi connectivity index (χ4n) is 1.95. The summed E-state index contributed by atoms with van der Waals surface area (Å²) < 4.78 is 15.6. The summed E-state index contributed by atoms with van der Waals surface area (Å²) in [7, 11) is 1.66. The molecule has 0 aromatic carbocycles. The molecule has 0 bridgehead atoms. The molecule has 1 aromatic rings. The van der Waals surface area contributed by atoms with E-state index in [2.05, 4.69) is 10.3 Å². The van der Waals surface area contributed by atoms with Crippen LogP contribution in [-0.4, -0.2) is 43.9 Å². The Bertz CT molecular complexity index is 464. The van der Waals surface area contributed by atoms with Crippen molar-refractivity contribution in [1.29, 1.82) is 0 Å². The van der Waals surface area contributed by atoms with Crippen molar-refractivity contribution in [2.24, 2.45) is 0 Å². The van der Waals surface area contributed by atoms with Gasteiger partial charge in [-0.2, -0.15) is 0 Å². The predicted octanol–water partition coefficient (Wildman–Crippen LogP) is 0.820. The second kappa shape index (κ2) is 7.21. The number of aromatic nitrogens is 1. The summed E-state index contributed by atoms with van der Waals surface area (Å²) in [4.78, 5) is 15.9. The summed E-state index contributed by atoms with van der Waals surface area (Å²) >= 11 is 0. The summed E-state index contributed by atoms with van der Waals surface area (Å²) in [6, 6.07) is 3.72. The van der Waals surface area contributed by atoms with Crippen LogP contribution in [0.1, 0.15) is 17.8 Å². The highest BCUT2D eigenvalue weighted by atomic mass is 16.6. The number of carbonyl (C=O) groups excluding carboxylic acids is 1. The largest absolute Gasteiger partial charge is 0.477 e. The maximum atomic E-state index is 11.5. The van der Waals surface area contributed by atoms with Gasteiger partial charge < -0.3 is 19.5 Å². The molecule has 1 N–H and O–H groups in total. The lowest BCUT2D eigenvalue weighted by molar-refractivity contribution is -0.143. The lowest BCUT2D eigenvalue weighted by atomic mass is 10.2. The molecule has 2 rings (SSSR count). The van der Waals surface area contributed by atoms with Gasteiger partial charge in [0.2, 0.25) is 0 Å². The average Bonchev–Trinajstić information content (AvgIpc) is 2.83. The van der Waals surface area contributed by atoms with Gasteiger partial charge in [0.15, 0.2) is 6.10 Å². The minimum absolute atomic E-state index is 0.302. The molecule has 6 nitrogen and oxygen atoms in total. The quantitative estimate of drug-likeness (QED) is 0.589. The van der Waals surface area contributed by atoms with Gasteiger partial charge in [-0.15, -0.1) is 0 Å². The van der Waals surface area contributed by atoms with Gasteiger partial charge in [0, 0.05) is 32.3 Å². The molecule has 0 saturated carbocycles. The molecule has 1 aliphatic heterocycles. The molecule has 2 heterocycles. The minimum atomic E-state index is -0.516. The average molecular weight is 280 g/mol. The predicted molar refractivity (Wildman–Crippen MR) is 72.5 cm³/mol. The molecule has 20 heavy (non-hydrogen) atoms. The summed E-state index contributed by atoms with van der Waals surface area (Å²) in [5, 5.41) is 3.22. The van der Waals surface area contributed by atoms with Crippen molar-refractivity contribution in [2.45, 2.75) is 26.0 Å². The number of hydrogen-bond donors (Lipinski definition) is 1. The van der Waals surface area contributed by atoms with Crippen molar-refractivity contribution in [1.82, 2.24) is 10.3 Å². The third kappa shape index (κ3) is 3.91. The first-order valence-corrected chi connectivity index (χ1v) is 6.70. The van der Waals surface area contributed by atoms with Crippen molar-refractivity contribution in [3.8, 4) is 5.75 Å². The van der Waals surface area contributed by atoms with Crippen LogP contribution in [0.15, 0.2) is 12.1 Å². The number of nitrogens with one attached hydrogen (secondary N) is 1. The van der Waals surface area contributed by atoms with Crippen molar-refractivity contribution < 1.29 is 19.0 Å². The number of hydrogen-bond acceptors (Lipinski definition) is 6. The number of aryl methyl sites for hydroxylation is 1. The van der Waals surface area contributed by atoms with Crippen LogP contribution in [0.2, 0.25) is 0 Å². The first-order chi connectivity index (χ1) is 9.70. The van der Waals surface area contributed by atoms with Crippen LogP contribution in [0, 0.1) is 6.92 Å². The number of methoxy groups -OCH3 is 1. The van der Waals surface area contributed by atoms with Crippen LogP contribution >= 0.6 is 0 Å². The second-order valence-electron chi connectivity index (χ2n) is 4.63. The van der Waals surface area contributed by atoms with Crippen LogP contribution in [0.3, 0.4) is 0 Å². The highest BCUT2D eigenvalue weighted by Crippen LogP contribution is 2.21. The van der Waals surface area contributed by atoms with Gasteiger partial charge in [-0.1, -0.05) is 0 Å². The van der Waals surface area contributed by atoms with Crippen LogP contribution in [0.4, 0.5) is 0 Å². The third-order valence-electron chi connectivity index (χ3n) is 3.00. The number of ether oxygens (including phenoxy) is 3. The maximum Gasteiger partial charge on any atom is 0.347 e. The van der Waals surface area contributed by atoms with E-state index in [-0.39, 0.29) is 5.97 Å². The molecule has 1 aromatic heterocycles. The van der Waals surface area contributed by atoms with E-state index in [4.69, 9.17) is 14.2 Å². The lowest BCUT2D eigenvalue weighted by Gasteiger charge is -2.14. The van der Waals surface area contributed by atoms with Gasteiger partial charge in [-0.05, 0) is 19.1 Å². The molecule has 0 radical (unpaired) electrons. The Morgan fingerprint density at radius 2 is 2.35 bits per heavy atom. The van der Waals surface area contributed by atoms with E-state index >= 15 is 0 Å². The molecule has 1 atom stereocenters. The molecular formula is C14H20N2O4. The molecule has 0 amide bonds. The Balaban J connectivity index is 2.01. The smallest absolute Gasteiger partial charge is 0.347 e. The zero-order valence-corrected chi connectivity index (χ0v) is 11.8. The van der Waals surface area contributed by atoms with Crippen LogP contribution < -0.4 is 10.1 Å². The van der Waals surface area contributed by atoms with E-state index in [9.17, 15) is 4.79 Å². The van der Waals surface area contributed by atoms with Gasteiger partial charge in [0.25, 0.3) is 0 Å². The highest BCUT2D eigenvalue weighted by molar-refractivity contribution is 5.76. The van der Waals surface area contributed by atoms with Gasteiger partial charge >= 0.3 is 5.97 Å². The fraction of sp³-hybridized carbons (Fsp3) is 0.571. The number of rotatable bonds is 7. The van der Waals surface area contributed by atoms with Crippen molar-refractivity contribution in [3.05, 3.63) is 23.5 Å². The lowest BCUT2D eigenvalue weighted by Crippen LogP contribution is -2.24. The van der Waals surface area contributed by atoms with Gasteiger partial charge in [-0.25, -0.2) is 4.79 Å². The minimum Gasteiger partial charge on any atom is -0.477 e. The van der Waals surface area contributed by atoms with Gasteiger partial charge in [0.05, 0.1) is 18.9 Å². The number of pyridine rings is 1.